The summed E-state index contributed by atoms with van der Waals surface area (Å²) >= 11 is 0. The number of hydrogen-bond donors (Lipinski definition) is 0. The molecule has 0 saturated heterocycles. The van der Waals surface area contributed by atoms with Crippen molar-refractivity contribution in [2.24, 2.45) is 0 Å². The van der Waals surface area contributed by atoms with Crippen LogP contribution in [0.15, 0.2) is 40.3 Å². The number of halogens is 3. The molecule has 2 heterocycles. The highest BCUT2D eigenvalue weighted by Gasteiger charge is 2.35. The lowest BCUT2D eigenvalue weighted by Crippen LogP contribution is -2.27. The molecule has 2 aromatic rings. The van der Waals surface area contributed by atoms with Crippen molar-refractivity contribution in [2.45, 2.75) is 6.18 Å². The van der Waals surface area contributed by atoms with E-state index in [0.29, 0.717) is 4.57 Å². The van der Waals surface area contributed by atoms with Crippen molar-refractivity contribution < 1.29 is 17.6 Å². The van der Waals surface area contributed by atoms with Gasteiger partial charge in [0.05, 0.1) is 6.26 Å². The van der Waals surface area contributed by atoms with Gasteiger partial charge < -0.3 is 4.42 Å². The van der Waals surface area contributed by atoms with Crippen LogP contribution in [-0.4, -0.2) is 9.55 Å². The van der Waals surface area contributed by atoms with E-state index in [1.165, 1.54) is 18.4 Å². The van der Waals surface area contributed by atoms with Crippen molar-refractivity contribution >= 4 is 6.20 Å². The molecule has 0 aromatic carbocycles. The standard InChI is InChI=1S/C11H7F3N2O2/c1-2-16-9(11(12,13)14)6-7(15-10(16)17)8-4-3-5-18-8/h2-6H,1H2. The molecule has 7 heteroatoms. The highest BCUT2D eigenvalue weighted by Crippen LogP contribution is 2.30. The Morgan fingerprint density at radius 3 is 2.67 bits per heavy atom. The molecule has 0 spiro atoms. The Morgan fingerprint density at radius 1 is 1.44 bits per heavy atom. The van der Waals surface area contributed by atoms with E-state index in [1.807, 2.05) is 0 Å². The first-order valence-corrected chi connectivity index (χ1v) is 4.80. The van der Waals surface area contributed by atoms with Gasteiger partial charge >= 0.3 is 11.9 Å². The van der Waals surface area contributed by atoms with Crippen LogP contribution in [0.25, 0.3) is 17.7 Å². The molecule has 0 bridgehead atoms. The van der Waals surface area contributed by atoms with E-state index < -0.39 is 17.6 Å². The summed E-state index contributed by atoms with van der Waals surface area (Å²) in [4.78, 5) is 15.0. The summed E-state index contributed by atoms with van der Waals surface area (Å²) < 4.78 is 43.6. The highest BCUT2D eigenvalue weighted by molar-refractivity contribution is 5.52. The maximum Gasteiger partial charge on any atom is 0.431 e. The number of alkyl halides is 3. The fourth-order valence-corrected chi connectivity index (χ4v) is 1.44. The van der Waals surface area contributed by atoms with Crippen molar-refractivity contribution in [3.63, 3.8) is 0 Å². The molecule has 0 saturated carbocycles. The number of nitrogens with zero attached hydrogens (tertiary/aromatic N) is 2. The molecule has 0 fully saturated rings. The van der Waals surface area contributed by atoms with Crippen LogP contribution in [0.2, 0.25) is 0 Å². The van der Waals surface area contributed by atoms with Crippen molar-refractivity contribution in [3.05, 3.63) is 47.2 Å². The predicted octanol–water partition coefficient (Wildman–Crippen LogP) is 2.62. The summed E-state index contributed by atoms with van der Waals surface area (Å²) in [5.41, 5.74) is -2.38. The van der Waals surface area contributed by atoms with E-state index in [0.717, 1.165) is 12.3 Å². The van der Waals surface area contributed by atoms with Crippen LogP contribution in [0.5, 0.6) is 0 Å². The summed E-state index contributed by atoms with van der Waals surface area (Å²) in [7, 11) is 0. The Bertz CT molecular complexity index is 627. The van der Waals surface area contributed by atoms with E-state index in [-0.39, 0.29) is 11.5 Å². The Hall–Kier alpha value is -2.31. The van der Waals surface area contributed by atoms with Gasteiger partial charge in [0, 0.05) is 6.20 Å². The minimum absolute atomic E-state index is 0.0915. The number of aromatic nitrogens is 2. The van der Waals surface area contributed by atoms with Gasteiger partial charge in [0.2, 0.25) is 0 Å². The van der Waals surface area contributed by atoms with Crippen LogP contribution in [0.1, 0.15) is 5.69 Å². The van der Waals surface area contributed by atoms with Crippen LogP contribution >= 0.6 is 0 Å². The molecule has 2 aromatic heterocycles. The highest BCUT2D eigenvalue weighted by atomic mass is 19.4. The molecule has 0 radical (unpaired) electrons. The third-order valence-electron chi connectivity index (χ3n) is 2.20. The lowest BCUT2D eigenvalue weighted by Gasteiger charge is -2.11. The smallest absolute Gasteiger partial charge is 0.431 e. The van der Waals surface area contributed by atoms with E-state index in [4.69, 9.17) is 4.42 Å². The zero-order valence-electron chi connectivity index (χ0n) is 8.94. The van der Waals surface area contributed by atoms with Gasteiger partial charge in [-0.2, -0.15) is 18.2 Å². The van der Waals surface area contributed by atoms with Gasteiger partial charge in [0.25, 0.3) is 0 Å². The van der Waals surface area contributed by atoms with Crippen molar-refractivity contribution in [1.82, 2.24) is 9.55 Å². The fourth-order valence-electron chi connectivity index (χ4n) is 1.44. The van der Waals surface area contributed by atoms with Crippen LogP contribution in [-0.2, 0) is 6.18 Å². The monoisotopic (exact) mass is 256 g/mol. The molecule has 4 nitrogen and oxygen atoms in total. The number of rotatable bonds is 2. The third kappa shape index (κ3) is 2.06. The molecular formula is C11H7F3N2O2. The first-order valence-electron chi connectivity index (χ1n) is 4.80. The Labute approximate surface area is 99.0 Å². The predicted molar refractivity (Wildman–Crippen MR) is 57.6 cm³/mol. The summed E-state index contributed by atoms with van der Waals surface area (Å²) in [6, 6.07) is 3.64. The van der Waals surface area contributed by atoms with E-state index in [2.05, 4.69) is 11.6 Å². The lowest BCUT2D eigenvalue weighted by atomic mass is 10.2. The van der Waals surface area contributed by atoms with Crippen LogP contribution in [0.4, 0.5) is 13.2 Å². The quantitative estimate of drug-likeness (QED) is 0.829. The summed E-state index contributed by atoms with van der Waals surface area (Å²) in [5.74, 6) is 0.0915. The van der Waals surface area contributed by atoms with Crippen LogP contribution in [0, 0.1) is 0 Å². The molecule has 0 aliphatic carbocycles. The van der Waals surface area contributed by atoms with Crippen LogP contribution < -0.4 is 5.69 Å². The zero-order valence-corrected chi connectivity index (χ0v) is 8.94. The number of furan rings is 1. The van der Waals surface area contributed by atoms with Gasteiger partial charge in [-0.3, -0.25) is 4.57 Å². The second-order valence-corrected chi connectivity index (χ2v) is 3.34. The van der Waals surface area contributed by atoms with Gasteiger partial charge in [0.1, 0.15) is 11.4 Å². The Balaban J connectivity index is 2.72. The van der Waals surface area contributed by atoms with Gasteiger partial charge in [-0.15, -0.1) is 0 Å². The van der Waals surface area contributed by atoms with Crippen molar-refractivity contribution in [3.8, 4) is 11.5 Å². The normalized spacial score (nSPS) is 11.5. The molecular weight excluding hydrogens is 249 g/mol. The summed E-state index contributed by atoms with van der Waals surface area (Å²) in [6.45, 7) is 3.16. The number of hydrogen-bond acceptors (Lipinski definition) is 3. The SMILES string of the molecule is C=Cn1c(C(F)(F)F)cc(-c2ccco2)nc1=O. The maximum absolute atomic E-state index is 12.8. The van der Waals surface area contributed by atoms with Gasteiger partial charge in [0.15, 0.2) is 5.76 Å². The Morgan fingerprint density at radius 2 is 2.17 bits per heavy atom. The minimum Gasteiger partial charge on any atom is -0.463 e. The van der Waals surface area contributed by atoms with Crippen molar-refractivity contribution in [1.29, 1.82) is 0 Å². The van der Waals surface area contributed by atoms with E-state index >= 15 is 0 Å². The molecule has 94 valence electrons. The summed E-state index contributed by atoms with van der Waals surface area (Å²) in [6.07, 6.45) is -2.63. The Kier molecular flexibility index (Phi) is 2.82. The first-order chi connectivity index (χ1) is 8.43. The molecule has 0 aliphatic heterocycles. The molecule has 0 aliphatic rings. The minimum atomic E-state index is -4.68. The third-order valence-corrected chi connectivity index (χ3v) is 2.20. The molecule has 0 atom stereocenters. The van der Waals surface area contributed by atoms with E-state index in [1.54, 1.807) is 0 Å². The molecule has 2 rings (SSSR count). The average Bonchev–Trinajstić information content (AvgIpc) is 2.80. The van der Waals surface area contributed by atoms with E-state index in [9.17, 15) is 18.0 Å². The average molecular weight is 256 g/mol. The largest absolute Gasteiger partial charge is 0.463 e. The maximum atomic E-state index is 12.8. The van der Waals surface area contributed by atoms with Gasteiger partial charge in [-0.05, 0) is 18.2 Å². The second kappa shape index (κ2) is 4.17. The first kappa shape index (κ1) is 12.2. The molecule has 18 heavy (non-hydrogen) atoms. The van der Waals surface area contributed by atoms with Crippen molar-refractivity contribution in [2.75, 3.05) is 0 Å². The molecule has 0 amide bonds. The topological polar surface area (TPSA) is 48.0 Å². The molecule has 0 N–H and O–H groups in total. The van der Waals surface area contributed by atoms with Crippen LogP contribution in [0.3, 0.4) is 0 Å². The second-order valence-electron chi connectivity index (χ2n) is 3.34. The van der Waals surface area contributed by atoms with Gasteiger partial charge in [-0.25, -0.2) is 4.79 Å². The zero-order chi connectivity index (χ0) is 13.3. The lowest BCUT2D eigenvalue weighted by molar-refractivity contribution is -0.142. The summed E-state index contributed by atoms with van der Waals surface area (Å²) in [5, 5.41) is 0. The fraction of sp³-hybridized carbons (Fsp3) is 0.0909. The van der Waals surface area contributed by atoms with Gasteiger partial charge in [-0.1, -0.05) is 6.58 Å². The molecule has 0 unspecified atom stereocenters.